The molecule has 0 aromatic rings. The molecule has 8 aliphatic carbocycles. The number of esters is 2. The first-order chi connectivity index (χ1) is 13.4. The van der Waals surface area contributed by atoms with E-state index in [1.807, 2.05) is 0 Å². The van der Waals surface area contributed by atoms with E-state index in [0.717, 1.165) is 12.8 Å². The number of hydrogen-bond donors (Lipinski definition) is 0. The van der Waals surface area contributed by atoms with Gasteiger partial charge >= 0.3 is 11.9 Å². The van der Waals surface area contributed by atoms with Crippen molar-refractivity contribution in [1.29, 1.82) is 0 Å². The summed E-state index contributed by atoms with van der Waals surface area (Å²) in [6, 6.07) is 0. The van der Waals surface area contributed by atoms with Crippen molar-refractivity contribution in [2.75, 3.05) is 14.2 Å². The Morgan fingerprint density at radius 2 is 1.18 bits per heavy atom. The Hall–Kier alpha value is -1.72. The van der Waals surface area contributed by atoms with Crippen LogP contribution in [0, 0.1) is 57.2 Å². The van der Waals surface area contributed by atoms with Crippen LogP contribution in [-0.2, 0) is 28.7 Å². The normalized spacial score (nSPS) is 60.6. The van der Waals surface area contributed by atoms with Crippen LogP contribution in [-0.4, -0.2) is 37.7 Å². The molecule has 8 bridgehead atoms. The molecule has 0 radical (unpaired) electrons. The van der Waals surface area contributed by atoms with E-state index in [2.05, 4.69) is 0 Å². The molecule has 0 N–H and O–H groups in total. The van der Waals surface area contributed by atoms with E-state index >= 15 is 0 Å². The van der Waals surface area contributed by atoms with Crippen LogP contribution in [0.4, 0.5) is 0 Å². The summed E-state index contributed by atoms with van der Waals surface area (Å²) in [6.45, 7) is 0. The fourth-order valence-electron chi connectivity index (χ4n) is 10.9. The second-order valence-electron chi connectivity index (χ2n) is 10.6. The highest BCUT2D eigenvalue weighted by Crippen LogP contribution is 2.99. The molecular weight excluding hydrogens is 360 g/mol. The van der Waals surface area contributed by atoms with E-state index < -0.39 is 21.7 Å². The van der Waals surface area contributed by atoms with Crippen molar-refractivity contribution in [2.45, 2.75) is 38.5 Å². The first-order valence-corrected chi connectivity index (χ1v) is 10.6. The third-order valence-electron chi connectivity index (χ3n) is 11.1. The van der Waals surface area contributed by atoms with Crippen LogP contribution in [0.5, 0.6) is 0 Å². The number of carbonyl (C=O) groups is 4. The number of methoxy groups -OCH3 is 2. The molecule has 8 saturated carbocycles. The van der Waals surface area contributed by atoms with Gasteiger partial charge in [-0.3, -0.25) is 19.2 Å². The fraction of sp³-hybridized carbons (Fsp3) is 0.818. The quantitative estimate of drug-likeness (QED) is 0.672. The third kappa shape index (κ3) is 1.03. The maximum atomic E-state index is 13.5. The van der Waals surface area contributed by atoms with Gasteiger partial charge in [-0.2, -0.15) is 0 Å². The van der Waals surface area contributed by atoms with Gasteiger partial charge in [0, 0.05) is 23.7 Å². The van der Waals surface area contributed by atoms with Crippen molar-refractivity contribution in [3.63, 3.8) is 0 Å². The van der Waals surface area contributed by atoms with Gasteiger partial charge in [0.1, 0.15) is 11.6 Å². The van der Waals surface area contributed by atoms with Crippen LogP contribution < -0.4 is 0 Å². The minimum atomic E-state index is -0.963. The SMILES string of the molecule is COC(=O)[C@@]12[C@@H]3C[C@@]4(CCC4=O)[C@@H]4[C@H]3[C@@H]3[C@@H]1[C@@]1(CCC1=O)C[C@@H]3[C@]42C(=O)OC. The van der Waals surface area contributed by atoms with Gasteiger partial charge in [0.05, 0.1) is 25.0 Å². The second kappa shape index (κ2) is 4.10. The zero-order valence-corrected chi connectivity index (χ0v) is 16.2. The lowest BCUT2D eigenvalue weighted by Crippen LogP contribution is -2.70. The Morgan fingerprint density at radius 1 is 0.786 bits per heavy atom. The van der Waals surface area contributed by atoms with E-state index in [9.17, 15) is 19.2 Å². The molecule has 6 nitrogen and oxygen atoms in total. The molecule has 0 saturated heterocycles. The second-order valence-corrected chi connectivity index (χ2v) is 10.6. The molecule has 10 atom stereocenters. The molecule has 8 fully saturated rings. The summed E-state index contributed by atoms with van der Waals surface area (Å²) in [5, 5.41) is 0. The van der Waals surface area contributed by atoms with Gasteiger partial charge in [-0.05, 0) is 61.2 Å². The Balaban J connectivity index is 1.53. The first-order valence-electron chi connectivity index (χ1n) is 10.6. The Kier molecular flexibility index (Phi) is 2.36. The smallest absolute Gasteiger partial charge is 0.313 e. The lowest BCUT2D eigenvalue weighted by atomic mass is 9.37. The number of hydrogen-bond acceptors (Lipinski definition) is 6. The maximum absolute atomic E-state index is 13.5. The van der Waals surface area contributed by atoms with Crippen molar-refractivity contribution in [3.05, 3.63) is 0 Å². The standard InChI is InChI=1S/C22H24O6/c1-27-17(25)21-9-7-20(6-4-12(20)24)16-13(9)14-10(22(16,21)18(26)28-2)8-19(15(14)21)5-3-11(19)23/h9-10,13-16H,3-8H2,1-2H3/t9-,10+,13-,14-,15-,16+,19+,20-,21-,22-/m1/s1. The van der Waals surface area contributed by atoms with Crippen LogP contribution in [0.1, 0.15) is 38.5 Å². The van der Waals surface area contributed by atoms with Crippen molar-refractivity contribution in [3.8, 4) is 0 Å². The predicted octanol–water partition coefficient (Wildman–Crippen LogP) is 1.55. The molecule has 0 amide bonds. The van der Waals surface area contributed by atoms with E-state index in [1.54, 1.807) is 0 Å². The summed E-state index contributed by atoms with van der Waals surface area (Å²) in [7, 11) is 2.79. The molecule has 8 rings (SSSR count). The van der Waals surface area contributed by atoms with Gasteiger partial charge < -0.3 is 9.47 Å². The highest BCUT2D eigenvalue weighted by atomic mass is 16.5. The molecule has 0 unspecified atom stereocenters. The summed E-state index contributed by atoms with van der Waals surface area (Å²) in [5.74, 6) is 0.00431. The average molecular weight is 384 g/mol. The molecule has 2 spiro atoms. The van der Waals surface area contributed by atoms with Crippen molar-refractivity contribution in [2.24, 2.45) is 57.2 Å². The fourth-order valence-corrected chi connectivity index (χ4v) is 10.9. The van der Waals surface area contributed by atoms with Gasteiger partial charge in [0.2, 0.25) is 0 Å². The molecule has 6 heteroatoms. The number of rotatable bonds is 2. The van der Waals surface area contributed by atoms with Crippen molar-refractivity contribution < 1.29 is 28.7 Å². The minimum Gasteiger partial charge on any atom is -0.469 e. The zero-order chi connectivity index (χ0) is 19.4. The van der Waals surface area contributed by atoms with E-state index in [-0.39, 0.29) is 59.0 Å². The number of ether oxygens (including phenoxy) is 2. The Bertz CT molecular complexity index is 850. The largest absolute Gasteiger partial charge is 0.469 e. The minimum absolute atomic E-state index is 0.0230. The average Bonchev–Trinajstić information content (AvgIpc) is 3.48. The molecular formula is C22H24O6. The van der Waals surface area contributed by atoms with Gasteiger partial charge in [0.15, 0.2) is 0 Å². The summed E-state index contributed by atoms with van der Waals surface area (Å²) in [4.78, 5) is 52.7. The first kappa shape index (κ1) is 16.1. The molecule has 8 aliphatic rings. The monoisotopic (exact) mass is 384 g/mol. The molecule has 148 valence electrons. The maximum Gasteiger partial charge on any atom is 0.313 e. The summed E-state index contributed by atoms with van der Waals surface area (Å²) >= 11 is 0. The molecule has 28 heavy (non-hydrogen) atoms. The van der Waals surface area contributed by atoms with Gasteiger partial charge in [-0.1, -0.05) is 0 Å². The molecule has 0 aromatic carbocycles. The van der Waals surface area contributed by atoms with Crippen molar-refractivity contribution in [1.82, 2.24) is 0 Å². The number of carbonyl (C=O) groups excluding carboxylic acids is 4. The lowest BCUT2D eigenvalue weighted by molar-refractivity contribution is -0.221. The summed E-state index contributed by atoms with van der Waals surface area (Å²) in [5.41, 5.74) is -2.80. The van der Waals surface area contributed by atoms with Crippen LogP contribution >= 0.6 is 0 Å². The summed E-state index contributed by atoms with van der Waals surface area (Å²) in [6.07, 6.45) is 4.21. The Labute approximate surface area is 162 Å². The zero-order valence-electron chi connectivity index (χ0n) is 16.2. The van der Waals surface area contributed by atoms with E-state index in [4.69, 9.17) is 9.47 Å². The third-order valence-corrected chi connectivity index (χ3v) is 11.1. The number of ketones is 2. The highest BCUT2D eigenvalue weighted by Gasteiger charge is 3.02. The van der Waals surface area contributed by atoms with Crippen LogP contribution in [0.25, 0.3) is 0 Å². The topological polar surface area (TPSA) is 86.7 Å². The number of Topliss-reactive ketones (excluding diaryl/α,β-unsaturated/α-hetero) is 2. The van der Waals surface area contributed by atoms with Crippen LogP contribution in [0.2, 0.25) is 0 Å². The highest BCUT2D eigenvalue weighted by molar-refractivity contribution is 6.02. The van der Waals surface area contributed by atoms with Gasteiger partial charge in [-0.25, -0.2) is 0 Å². The van der Waals surface area contributed by atoms with E-state index in [1.165, 1.54) is 14.2 Å². The molecule has 0 heterocycles. The Morgan fingerprint density at radius 3 is 1.43 bits per heavy atom. The van der Waals surface area contributed by atoms with Crippen LogP contribution in [0.15, 0.2) is 0 Å². The lowest BCUT2D eigenvalue weighted by Gasteiger charge is -2.63. The molecule has 0 aliphatic heterocycles. The van der Waals surface area contributed by atoms with Gasteiger partial charge in [-0.15, -0.1) is 0 Å². The predicted molar refractivity (Wildman–Crippen MR) is 92.4 cm³/mol. The molecule has 0 aromatic heterocycles. The summed E-state index contributed by atoms with van der Waals surface area (Å²) < 4.78 is 10.8. The van der Waals surface area contributed by atoms with E-state index in [0.29, 0.717) is 25.7 Å². The van der Waals surface area contributed by atoms with Gasteiger partial charge in [0.25, 0.3) is 0 Å². The van der Waals surface area contributed by atoms with Crippen LogP contribution in [0.3, 0.4) is 0 Å². The van der Waals surface area contributed by atoms with Crippen molar-refractivity contribution >= 4 is 23.5 Å².